The summed E-state index contributed by atoms with van der Waals surface area (Å²) in [6.07, 6.45) is 7.10. The van der Waals surface area contributed by atoms with E-state index in [0.29, 0.717) is 36.0 Å². The maximum atomic E-state index is 15.6. The molecule has 1 saturated heterocycles. The van der Waals surface area contributed by atoms with Crippen molar-refractivity contribution in [2.24, 2.45) is 11.8 Å². The van der Waals surface area contributed by atoms with Crippen LogP contribution in [0.3, 0.4) is 0 Å². The zero-order chi connectivity index (χ0) is 26.2. The first-order valence-corrected chi connectivity index (χ1v) is 14.4. The van der Waals surface area contributed by atoms with Gasteiger partial charge in [0.25, 0.3) is 0 Å². The molecule has 5 nitrogen and oxygen atoms in total. The Morgan fingerprint density at radius 1 is 1.24 bits per heavy atom. The third kappa shape index (κ3) is 7.51. The lowest BCUT2D eigenvalue weighted by molar-refractivity contribution is -0.137. The van der Waals surface area contributed by atoms with Crippen LogP contribution in [0.4, 0.5) is 4.39 Å². The second-order valence-electron chi connectivity index (χ2n) is 10.4. The average Bonchev–Trinajstić information content (AvgIpc) is 3.32. The fraction of sp³-hybridized carbons (Fsp3) is 0.533. The Morgan fingerprint density at radius 3 is 2.86 bits per heavy atom. The summed E-state index contributed by atoms with van der Waals surface area (Å²) in [7, 11) is 1.61. The molecule has 4 rings (SSSR count). The van der Waals surface area contributed by atoms with Crippen molar-refractivity contribution in [1.82, 2.24) is 9.88 Å². The molecule has 3 aromatic rings. The number of carbonyl (C=O) groups is 1. The smallest absolute Gasteiger partial charge is 0.303 e. The van der Waals surface area contributed by atoms with Gasteiger partial charge in [0.15, 0.2) is 0 Å². The number of aromatic nitrogens is 1. The number of halogens is 1. The van der Waals surface area contributed by atoms with Crippen LogP contribution in [-0.4, -0.2) is 47.7 Å². The molecule has 0 amide bonds. The van der Waals surface area contributed by atoms with Crippen LogP contribution in [0.15, 0.2) is 41.9 Å². The van der Waals surface area contributed by atoms with Gasteiger partial charge >= 0.3 is 5.97 Å². The lowest BCUT2D eigenvalue weighted by atomic mass is 9.79. The van der Waals surface area contributed by atoms with Crippen LogP contribution in [0.2, 0.25) is 0 Å². The van der Waals surface area contributed by atoms with Gasteiger partial charge in [-0.2, -0.15) is 0 Å². The summed E-state index contributed by atoms with van der Waals surface area (Å²) in [6, 6.07) is 9.53. The summed E-state index contributed by atoms with van der Waals surface area (Å²) in [6.45, 7) is 5.16. The van der Waals surface area contributed by atoms with Crippen LogP contribution in [0.25, 0.3) is 10.9 Å². The van der Waals surface area contributed by atoms with E-state index in [1.54, 1.807) is 19.4 Å². The highest BCUT2D eigenvalue weighted by Gasteiger charge is 2.30. The Kier molecular flexibility index (Phi) is 9.92. The molecular formula is C30H39FN2O3S. The first-order valence-electron chi connectivity index (χ1n) is 13.5. The van der Waals surface area contributed by atoms with Gasteiger partial charge in [0.2, 0.25) is 0 Å². The molecule has 0 spiro atoms. The van der Waals surface area contributed by atoms with Gasteiger partial charge in [0, 0.05) is 29.4 Å². The Hall–Kier alpha value is -2.51. The van der Waals surface area contributed by atoms with Gasteiger partial charge < -0.3 is 14.7 Å². The van der Waals surface area contributed by atoms with Crippen molar-refractivity contribution in [2.45, 2.75) is 64.5 Å². The monoisotopic (exact) mass is 526 g/mol. The highest BCUT2D eigenvalue weighted by Crippen LogP contribution is 2.36. The van der Waals surface area contributed by atoms with E-state index in [2.05, 4.69) is 28.3 Å². The number of benzene rings is 1. The molecule has 37 heavy (non-hydrogen) atoms. The number of pyridine rings is 1. The third-order valence-corrected chi connectivity index (χ3v) is 8.99. The predicted molar refractivity (Wildman–Crippen MR) is 148 cm³/mol. The molecule has 0 saturated carbocycles. The summed E-state index contributed by atoms with van der Waals surface area (Å²) >= 11 is 1.84. The minimum Gasteiger partial charge on any atom is -0.497 e. The molecule has 0 aliphatic carbocycles. The van der Waals surface area contributed by atoms with Crippen LogP contribution >= 0.6 is 11.3 Å². The van der Waals surface area contributed by atoms with E-state index in [-0.39, 0.29) is 6.42 Å². The molecule has 3 atom stereocenters. The van der Waals surface area contributed by atoms with Crippen molar-refractivity contribution < 1.29 is 19.0 Å². The summed E-state index contributed by atoms with van der Waals surface area (Å²) in [5.41, 5.74) is 2.82. The summed E-state index contributed by atoms with van der Waals surface area (Å²) < 4.78 is 20.9. The van der Waals surface area contributed by atoms with Crippen molar-refractivity contribution >= 4 is 28.2 Å². The number of piperidine rings is 1. The molecule has 3 heterocycles. The van der Waals surface area contributed by atoms with Crippen LogP contribution in [0.5, 0.6) is 5.75 Å². The highest BCUT2D eigenvalue weighted by atomic mass is 32.1. The van der Waals surface area contributed by atoms with Crippen LogP contribution < -0.4 is 4.74 Å². The molecule has 1 aliphatic heterocycles. The number of hydrogen-bond acceptors (Lipinski definition) is 5. The number of fused-ring (bicyclic) bond motifs is 1. The molecule has 1 aliphatic rings. The SMILES string of the molecule is COc1ccc2nccc([C@H](F)CC[C@@H]3CCN(CCCCc4sccc4C)C[C@H]3CCC(=O)O)c2c1. The largest absolute Gasteiger partial charge is 0.497 e. The van der Waals surface area contributed by atoms with E-state index in [9.17, 15) is 9.90 Å². The average molecular weight is 527 g/mol. The zero-order valence-corrected chi connectivity index (χ0v) is 22.8. The van der Waals surface area contributed by atoms with E-state index in [0.717, 1.165) is 56.2 Å². The number of thiophene rings is 1. The standard InChI is InChI=1S/C30H39FN2O3S/c1-21-14-18-37-29(21)5-3-4-16-33-17-13-22(23(20-33)7-11-30(34)35)6-9-27(31)25-12-15-32-28-10-8-24(36-2)19-26(25)28/h8,10,12,14-15,18-19,22-23,27H,3-7,9,11,13,16-17,20H2,1-2H3,(H,34,35)/t22-,23-,27-/m1/s1. The van der Waals surface area contributed by atoms with E-state index >= 15 is 4.39 Å². The maximum absolute atomic E-state index is 15.6. The topological polar surface area (TPSA) is 62.7 Å². The minimum absolute atomic E-state index is 0.181. The molecule has 0 radical (unpaired) electrons. The first kappa shape index (κ1) is 27.5. The van der Waals surface area contributed by atoms with Crippen molar-refractivity contribution in [3.8, 4) is 5.75 Å². The van der Waals surface area contributed by atoms with Gasteiger partial charge in [-0.3, -0.25) is 9.78 Å². The second kappa shape index (κ2) is 13.3. The van der Waals surface area contributed by atoms with E-state index < -0.39 is 12.1 Å². The van der Waals surface area contributed by atoms with Crippen LogP contribution in [0.1, 0.15) is 67.1 Å². The third-order valence-electron chi connectivity index (χ3n) is 7.91. The van der Waals surface area contributed by atoms with Crippen molar-refractivity contribution in [3.63, 3.8) is 0 Å². The molecule has 200 valence electrons. The number of nitrogens with zero attached hydrogens (tertiary/aromatic N) is 2. The fourth-order valence-corrected chi connectivity index (χ4v) is 6.67. The number of methoxy groups -OCH3 is 1. The fourth-order valence-electron chi connectivity index (χ4n) is 5.72. The number of aliphatic carboxylic acids is 1. The lowest BCUT2D eigenvalue weighted by Gasteiger charge is -2.39. The summed E-state index contributed by atoms with van der Waals surface area (Å²) in [5.74, 6) is 0.597. The molecule has 1 fully saturated rings. The van der Waals surface area contributed by atoms with E-state index in [1.165, 1.54) is 16.9 Å². The Bertz CT molecular complexity index is 1170. The quantitative estimate of drug-likeness (QED) is 0.238. The van der Waals surface area contributed by atoms with E-state index in [4.69, 9.17) is 4.74 Å². The first-order chi connectivity index (χ1) is 17.9. The lowest BCUT2D eigenvalue weighted by Crippen LogP contribution is -2.41. The molecular weight excluding hydrogens is 487 g/mol. The molecule has 2 aromatic heterocycles. The number of likely N-dealkylation sites (tertiary alicyclic amines) is 1. The number of carboxylic acids is 1. The summed E-state index contributed by atoms with van der Waals surface area (Å²) in [4.78, 5) is 19.7. The molecule has 0 unspecified atom stereocenters. The molecule has 1 N–H and O–H groups in total. The van der Waals surface area contributed by atoms with E-state index in [1.807, 2.05) is 29.5 Å². The van der Waals surface area contributed by atoms with Crippen LogP contribution in [0, 0.1) is 18.8 Å². The van der Waals surface area contributed by atoms with Gasteiger partial charge in [-0.05, 0) is 124 Å². The maximum Gasteiger partial charge on any atom is 0.303 e. The number of rotatable bonds is 13. The van der Waals surface area contributed by atoms with Crippen LogP contribution in [-0.2, 0) is 11.2 Å². The number of alkyl halides is 1. The van der Waals surface area contributed by atoms with Gasteiger partial charge in [-0.1, -0.05) is 0 Å². The number of aryl methyl sites for hydroxylation is 2. The second-order valence-corrected chi connectivity index (χ2v) is 11.4. The normalized spacial score (nSPS) is 19.2. The number of hydrogen-bond donors (Lipinski definition) is 1. The Balaban J connectivity index is 1.32. The Labute approximate surface area is 223 Å². The van der Waals surface area contributed by atoms with Gasteiger partial charge in [-0.25, -0.2) is 4.39 Å². The van der Waals surface area contributed by atoms with Gasteiger partial charge in [-0.15, -0.1) is 11.3 Å². The summed E-state index contributed by atoms with van der Waals surface area (Å²) in [5, 5.41) is 12.3. The van der Waals surface area contributed by atoms with Crippen molar-refractivity contribution in [2.75, 3.05) is 26.7 Å². The Morgan fingerprint density at radius 2 is 2.11 bits per heavy atom. The number of carboxylic acid groups (broad SMARTS) is 1. The number of ether oxygens (including phenoxy) is 1. The van der Waals surface area contributed by atoms with Crippen molar-refractivity contribution in [3.05, 3.63) is 57.9 Å². The number of unbranched alkanes of at least 4 members (excludes halogenated alkanes) is 1. The molecule has 0 bridgehead atoms. The van der Waals surface area contributed by atoms with Gasteiger partial charge in [0.05, 0.1) is 12.6 Å². The van der Waals surface area contributed by atoms with Gasteiger partial charge in [0.1, 0.15) is 11.9 Å². The molecule has 1 aromatic carbocycles. The zero-order valence-electron chi connectivity index (χ0n) is 22.0. The van der Waals surface area contributed by atoms with Crippen molar-refractivity contribution in [1.29, 1.82) is 0 Å². The molecule has 7 heteroatoms. The highest BCUT2D eigenvalue weighted by molar-refractivity contribution is 7.10. The predicted octanol–water partition coefficient (Wildman–Crippen LogP) is 7.23. The minimum atomic E-state index is -1.09.